The number of aromatic carboxylic acids is 1. The van der Waals surface area contributed by atoms with Gasteiger partial charge in [0.15, 0.2) is 0 Å². The van der Waals surface area contributed by atoms with Crippen LogP contribution in [0.3, 0.4) is 0 Å². The number of carbonyl (C=O) groups is 2. The maximum atomic E-state index is 12.0. The zero-order valence-corrected chi connectivity index (χ0v) is 11.5. The lowest BCUT2D eigenvalue weighted by Crippen LogP contribution is -2.30. The molecule has 2 rings (SSSR count). The highest BCUT2D eigenvalue weighted by Gasteiger charge is 2.10. The molecule has 0 saturated heterocycles. The molecule has 0 unspecified atom stereocenters. The highest BCUT2D eigenvalue weighted by molar-refractivity contribution is 5.91. The number of carbonyl (C=O) groups excluding carboxylic acids is 1. The fraction of sp³-hybridized carbons (Fsp3) is 0.133. The fourth-order valence-corrected chi connectivity index (χ4v) is 1.75. The maximum Gasteiger partial charge on any atom is 0.335 e. The number of nitrogens with zero attached hydrogens (tertiary/aromatic N) is 2. The number of hydrogen-bond acceptors (Lipinski definition) is 3. The monoisotopic (exact) mass is 285 g/mol. The van der Waals surface area contributed by atoms with Gasteiger partial charge in [-0.05, 0) is 42.0 Å². The first-order valence-electron chi connectivity index (χ1n) is 6.30. The summed E-state index contributed by atoms with van der Waals surface area (Å²) in [6.07, 6.45) is 3.34. The Morgan fingerprint density at radius 3 is 2.33 bits per heavy atom. The third kappa shape index (κ3) is 4.04. The molecule has 6 nitrogen and oxygen atoms in total. The quantitative estimate of drug-likeness (QED) is 0.904. The molecule has 0 aliphatic rings. The number of amides is 2. The molecule has 2 N–H and O–H groups in total. The standard InChI is InChI=1S/C15H15N3O3/c1-18(10-11-6-8-16-9-7-11)15(21)17-13-4-2-12(3-5-13)14(19)20/h2-9H,10H2,1H3,(H,17,21)(H,19,20). The summed E-state index contributed by atoms with van der Waals surface area (Å²) >= 11 is 0. The van der Waals surface area contributed by atoms with E-state index in [1.165, 1.54) is 17.0 Å². The second kappa shape index (κ2) is 6.51. The Morgan fingerprint density at radius 2 is 1.76 bits per heavy atom. The van der Waals surface area contributed by atoms with E-state index in [1.54, 1.807) is 31.6 Å². The average Bonchev–Trinajstić information content (AvgIpc) is 2.48. The molecular weight excluding hydrogens is 270 g/mol. The predicted octanol–water partition coefficient (Wildman–Crippen LogP) is 2.44. The molecule has 0 fully saturated rings. The summed E-state index contributed by atoms with van der Waals surface area (Å²) in [5.74, 6) is -0.998. The van der Waals surface area contributed by atoms with Crippen molar-refractivity contribution < 1.29 is 14.7 Å². The van der Waals surface area contributed by atoms with Crippen LogP contribution in [0.5, 0.6) is 0 Å². The first-order valence-corrected chi connectivity index (χ1v) is 6.30. The van der Waals surface area contributed by atoms with Crippen LogP contribution in [-0.2, 0) is 6.54 Å². The number of carboxylic acid groups (broad SMARTS) is 1. The molecule has 0 radical (unpaired) electrons. The number of benzene rings is 1. The lowest BCUT2D eigenvalue weighted by atomic mass is 10.2. The normalized spacial score (nSPS) is 9.95. The summed E-state index contributed by atoms with van der Waals surface area (Å²) in [5, 5.41) is 11.5. The number of carboxylic acids is 1. The minimum absolute atomic E-state index is 0.179. The Labute approximate surface area is 122 Å². The zero-order valence-electron chi connectivity index (χ0n) is 11.5. The van der Waals surface area contributed by atoms with E-state index in [1.807, 2.05) is 12.1 Å². The first kappa shape index (κ1) is 14.5. The largest absolute Gasteiger partial charge is 0.478 e. The molecule has 1 aromatic heterocycles. The molecule has 21 heavy (non-hydrogen) atoms. The van der Waals surface area contributed by atoms with Crippen LogP contribution in [-0.4, -0.2) is 34.0 Å². The Kier molecular flexibility index (Phi) is 4.50. The van der Waals surface area contributed by atoms with Gasteiger partial charge in [-0.2, -0.15) is 0 Å². The van der Waals surface area contributed by atoms with Crippen molar-refractivity contribution in [3.8, 4) is 0 Å². The number of pyridine rings is 1. The number of nitrogens with one attached hydrogen (secondary N) is 1. The van der Waals surface area contributed by atoms with E-state index in [9.17, 15) is 9.59 Å². The van der Waals surface area contributed by atoms with E-state index >= 15 is 0 Å². The molecule has 2 amide bonds. The number of aromatic nitrogens is 1. The van der Waals surface area contributed by atoms with E-state index in [-0.39, 0.29) is 11.6 Å². The third-order valence-electron chi connectivity index (χ3n) is 2.90. The van der Waals surface area contributed by atoms with Gasteiger partial charge in [0.25, 0.3) is 0 Å². The summed E-state index contributed by atoms with van der Waals surface area (Å²) in [7, 11) is 1.68. The fourth-order valence-electron chi connectivity index (χ4n) is 1.75. The summed E-state index contributed by atoms with van der Waals surface area (Å²) in [6, 6.07) is 9.41. The van der Waals surface area contributed by atoms with Gasteiger partial charge in [0.1, 0.15) is 0 Å². The van der Waals surface area contributed by atoms with Crippen LogP contribution < -0.4 is 5.32 Å². The molecule has 0 bridgehead atoms. The van der Waals surface area contributed by atoms with Gasteiger partial charge < -0.3 is 15.3 Å². The van der Waals surface area contributed by atoms with Crippen molar-refractivity contribution in [3.63, 3.8) is 0 Å². The van der Waals surface area contributed by atoms with Crippen LogP contribution in [0, 0.1) is 0 Å². The average molecular weight is 285 g/mol. The summed E-state index contributed by atoms with van der Waals surface area (Å²) in [4.78, 5) is 28.2. The first-order chi connectivity index (χ1) is 10.1. The van der Waals surface area contributed by atoms with Crippen molar-refractivity contribution in [2.75, 3.05) is 12.4 Å². The Morgan fingerprint density at radius 1 is 1.14 bits per heavy atom. The van der Waals surface area contributed by atoms with Crippen molar-refractivity contribution >= 4 is 17.7 Å². The van der Waals surface area contributed by atoms with Gasteiger partial charge in [-0.15, -0.1) is 0 Å². The Balaban J connectivity index is 1.95. The van der Waals surface area contributed by atoms with E-state index in [0.717, 1.165) is 5.56 Å². The SMILES string of the molecule is CN(Cc1ccncc1)C(=O)Nc1ccc(C(=O)O)cc1. The molecule has 6 heteroatoms. The molecule has 2 aromatic rings. The van der Waals surface area contributed by atoms with Crippen molar-refractivity contribution in [2.45, 2.75) is 6.54 Å². The minimum atomic E-state index is -0.998. The number of rotatable bonds is 4. The van der Waals surface area contributed by atoms with E-state index in [2.05, 4.69) is 10.3 Å². The van der Waals surface area contributed by atoms with Crippen LogP contribution in [0.2, 0.25) is 0 Å². The highest BCUT2D eigenvalue weighted by Crippen LogP contribution is 2.11. The van der Waals surface area contributed by atoms with Crippen LogP contribution in [0.25, 0.3) is 0 Å². The van der Waals surface area contributed by atoms with Gasteiger partial charge in [0.05, 0.1) is 5.56 Å². The highest BCUT2D eigenvalue weighted by atomic mass is 16.4. The predicted molar refractivity (Wildman–Crippen MR) is 78.1 cm³/mol. The Hall–Kier alpha value is -2.89. The van der Waals surface area contributed by atoms with Gasteiger partial charge in [-0.3, -0.25) is 4.98 Å². The number of anilines is 1. The molecule has 0 saturated carbocycles. The maximum absolute atomic E-state index is 12.0. The minimum Gasteiger partial charge on any atom is -0.478 e. The van der Waals surface area contributed by atoms with Gasteiger partial charge >= 0.3 is 12.0 Å². The third-order valence-corrected chi connectivity index (χ3v) is 2.90. The molecule has 1 aromatic carbocycles. The lowest BCUT2D eigenvalue weighted by Gasteiger charge is -2.18. The smallest absolute Gasteiger partial charge is 0.335 e. The van der Waals surface area contributed by atoms with Crippen LogP contribution >= 0.6 is 0 Å². The van der Waals surface area contributed by atoms with Gasteiger partial charge in [0, 0.05) is 31.7 Å². The second-order valence-electron chi connectivity index (χ2n) is 4.52. The molecule has 108 valence electrons. The van der Waals surface area contributed by atoms with Crippen LogP contribution in [0.15, 0.2) is 48.8 Å². The Bertz CT molecular complexity index is 626. The topological polar surface area (TPSA) is 82.5 Å². The zero-order chi connectivity index (χ0) is 15.2. The van der Waals surface area contributed by atoms with E-state index in [0.29, 0.717) is 12.2 Å². The van der Waals surface area contributed by atoms with Gasteiger partial charge in [0.2, 0.25) is 0 Å². The number of hydrogen-bond donors (Lipinski definition) is 2. The van der Waals surface area contributed by atoms with E-state index < -0.39 is 5.97 Å². The van der Waals surface area contributed by atoms with Crippen LogP contribution in [0.1, 0.15) is 15.9 Å². The molecule has 0 aliphatic heterocycles. The van der Waals surface area contributed by atoms with Crippen molar-refractivity contribution in [3.05, 3.63) is 59.9 Å². The van der Waals surface area contributed by atoms with Gasteiger partial charge in [-0.1, -0.05) is 0 Å². The molecule has 0 atom stereocenters. The summed E-state index contributed by atoms with van der Waals surface area (Å²) in [5.41, 5.74) is 1.70. The van der Waals surface area contributed by atoms with Gasteiger partial charge in [-0.25, -0.2) is 9.59 Å². The van der Waals surface area contributed by atoms with Crippen molar-refractivity contribution in [1.82, 2.24) is 9.88 Å². The summed E-state index contributed by atoms with van der Waals surface area (Å²) < 4.78 is 0. The molecular formula is C15H15N3O3. The van der Waals surface area contributed by atoms with Crippen LogP contribution in [0.4, 0.5) is 10.5 Å². The molecule has 1 heterocycles. The van der Waals surface area contributed by atoms with Crippen molar-refractivity contribution in [2.24, 2.45) is 0 Å². The lowest BCUT2D eigenvalue weighted by molar-refractivity contribution is 0.0697. The second-order valence-corrected chi connectivity index (χ2v) is 4.52. The van der Waals surface area contributed by atoms with E-state index in [4.69, 9.17) is 5.11 Å². The molecule has 0 spiro atoms. The van der Waals surface area contributed by atoms with Crippen molar-refractivity contribution in [1.29, 1.82) is 0 Å². The molecule has 0 aliphatic carbocycles. The summed E-state index contributed by atoms with van der Waals surface area (Å²) in [6.45, 7) is 0.460. The number of urea groups is 1.